The number of rotatable bonds is 4. The van der Waals surface area contributed by atoms with Gasteiger partial charge in [0.1, 0.15) is 6.10 Å². The number of carbonyl (C=O) groups excluding carboxylic acids is 1. The highest BCUT2D eigenvalue weighted by atomic mass is 16.5. The van der Waals surface area contributed by atoms with Crippen LogP contribution in [0.5, 0.6) is 5.88 Å². The number of aromatic nitrogens is 2. The Balaban J connectivity index is 1.63. The van der Waals surface area contributed by atoms with Gasteiger partial charge in [0.25, 0.3) is 5.91 Å². The molecule has 0 spiro atoms. The van der Waals surface area contributed by atoms with E-state index in [1.807, 2.05) is 18.2 Å². The van der Waals surface area contributed by atoms with Gasteiger partial charge in [-0.3, -0.25) is 9.78 Å². The first kappa shape index (κ1) is 15.4. The number of aliphatic hydroxyl groups is 1. The standard InChI is InChI=1S/C17H19N3O3/c21-16(13-5-2-1-3-6-13)17(22)20-10-4-7-14(12-20)23-15-11-18-8-9-19-15/h1-3,5-6,8-9,11,14,16,21H,4,7,10,12H2/t14-,16+/m0/s1. The molecule has 1 fully saturated rings. The largest absolute Gasteiger partial charge is 0.471 e. The van der Waals surface area contributed by atoms with Crippen LogP contribution < -0.4 is 4.74 Å². The number of likely N-dealkylation sites (tertiary alicyclic amines) is 1. The molecule has 1 aromatic heterocycles. The second-order valence-corrected chi connectivity index (χ2v) is 5.52. The summed E-state index contributed by atoms with van der Waals surface area (Å²) < 4.78 is 5.77. The fraction of sp³-hybridized carbons (Fsp3) is 0.353. The summed E-state index contributed by atoms with van der Waals surface area (Å²) in [7, 11) is 0. The Morgan fingerprint density at radius 3 is 2.87 bits per heavy atom. The molecule has 2 heterocycles. The lowest BCUT2D eigenvalue weighted by Crippen LogP contribution is -2.46. The van der Waals surface area contributed by atoms with E-state index in [9.17, 15) is 9.90 Å². The third-order valence-corrected chi connectivity index (χ3v) is 3.87. The molecule has 1 aliphatic rings. The Kier molecular flexibility index (Phi) is 4.83. The summed E-state index contributed by atoms with van der Waals surface area (Å²) in [4.78, 5) is 22.2. The molecule has 1 aliphatic heterocycles. The highest BCUT2D eigenvalue weighted by molar-refractivity contribution is 5.82. The van der Waals surface area contributed by atoms with E-state index in [1.54, 1.807) is 35.6 Å². The molecular weight excluding hydrogens is 294 g/mol. The van der Waals surface area contributed by atoms with Crippen molar-refractivity contribution in [2.75, 3.05) is 13.1 Å². The van der Waals surface area contributed by atoms with Gasteiger partial charge in [-0.1, -0.05) is 30.3 Å². The molecule has 1 aromatic carbocycles. The minimum atomic E-state index is -1.13. The summed E-state index contributed by atoms with van der Waals surface area (Å²) in [5, 5.41) is 10.3. The van der Waals surface area contributed by atoms with Crippen LogP contribution in [0, 0.1) is 0 Å². The molecule has 0 saturated carbocycles. The molecule has 0 aliphatic carbocycles. The number of benzene rings is 1. The third-order valence-electron chi connectivity index (χ3n) is 3.87. The quantitative estimate of drug-likeness (QED) is 0.927. The van der Waals surface area contributed by atoms with Crippen molar-refractivity contribution in [1.29, 1.82) is 0 Å². The molecule has 120 valence electrons. The molecule has 23 heavy (non-hydrogen) atoms. The van der Waals surface area contributed by atoms with Gasteiger partial charge in [-0.05, 0) is 18.4 Å². The van der Waals surface area contributed by atoms with E-state index in [0.29, 0.717) is 24.5 Å². The van der Waals surface area contributed by atoms with E-state index in [2.05, 4.69) is 9.97 Å². The predicted octanol–water partition coefficient (Wildman–Crippen LogP) is 1.58. The lowest BCUT2D eigenvalue weighted by atomic mass is 10.0. The average Bonchev–Trinajstić information content (AvgIpc) is 2.62. The third kappa shape index (κ3) is 3.84. The number of amides is 1. The van der Waals surface area contributed by atoms with Gasteiger partial charge in [0.05, 0.1) is 12.7 Å². The zero-order chi connectivity index (χ0) is 16.1. The van der Waals surface area contributed by atoms with E-state index in [0.717, 1.165) is 12.8 Å². The number of nitrogens with zero attached hydrogens (tertiary/aromatic N) is 3. The first-order chi connectivity index (χ1) is 11.2. The van der Waals surface area contributed by atoms with Gasteiger partial charge >= 0.3 is 0 Å². The summed E-state index contributed by atoms with van der Waals surface area (Å²) in [5.74, 6) is 0.166. The van der Waals surface area contributed by atoms with Gasteiger partial charge in [-0.25, -0.2) is 4.98 Å². The lowest BCUT2D eigenvalue weighted by molar-refractivity contribution is -0.143. The fourth-order valence-electron chi connectivity index (χ4n) is 2.70. The maximum Gasteiger partial charge on any atom is 0.256 e. The first-order valence-corrected chi connectivity index (χ1v) is 7.68. The lowest BCUT2D eigenvalue weighted by Gasteiger charge is -2.33. The molecule has 6 nitrogen and oxygen atoms in total. The van der Waals surface area contributed by atoms with Crippen LogP contribution in [0.15, 0.2) is 48.9 Å². The minimum Gasteiger partial charge on any atom is -0.471 e. The SMILES string of the molecule is O=C([C@H](O)c1ccccc1)N1CCC[C@H](Oc2cnccn2)C1. The van der Waals surface area contributed by atoms with E-state index < -0.39 is 6.10 Å². The van der Waals surface area contributed by atoms with Crippen molar-refractivity contribution < 1.29 is 14.6 Å². The molecule has 1 saturated heterocycles. The smallest absolute Gasteiger partial charge is 0.256 e. The van der Waals surface area contributed by atoms with Crippen molar-refractivity contribution in [2.45, 2.75) is 25.0 Å². The number of carbonyl (C=O) groups is 1. The van der Waals surface area contributed by atoms with Gasteiger partial charge < -0.3 is 14.7 Å². The molecule has 1 amide bonds. The summed E-state index contributed by atoms with van der Waals surface area (Å²) >= 11 is 0. The van der Waals surface area contributed by atoms with E-state index in [-0.39, 0.29) is 12.0 Å². The highest BCUT2D eigenvalue weighted by Gasteiger charge is 2.29. The van der Waals surface area contributed by atoms with Crippen LogP contribution in [0.25, 0.3) is 0 Å². The second-order valence-electron chi connectivity index (χ2n) is 5.52. The van der Waals surface area contributed by atoms with E-state index in [1.165, 1.54) is 0 Å². The Bertz CT molecular complexity index is 636. The summed E-state index contributed by atoms with van der Waals surface area (Å²) in [6.07, 6.45) is 5.12. The monoisotopic (exact) mass is 313 g/mol. The van der Waals surface area contributed by atoms with E-state index in [4.69, 9.17) is 4.74 Å². The van der Waals surface area contributed by atoms with Gasteiger partial charge in [0, 0.05) is 18.9 Å². The molecule has 2 atom stereocenters. The molecule has 1 N–H and O–H groups in total. The Morgan fingerprint density at radius 2 is 2.13 bits per heavy atom. The van der Waals surface area contributed by atoms with Crippen LogP contribution in [0.2, 0.25) is 0 Å². The van der Waals surface area contributed by atoms with Gasteiger partial charge in [-0.15, -0.1) is 0 Å². The van der Waals surface area contributed by atoms with Crippen LogP contribution >= 0.6 is 0 Å². The Hall–Kier alpha value is -2.47. The van der Waals surface area contributed by atoms with Crippen molar-refractivity contribution in [3.8, 4) is 5.88 Å². The maximum absolute atomic E-state index is 12.5. The van der Waals surface area contributed by atoms with Crippen LogP contribution in [0.1, 0.15) is 24.5 Å². The first-order valence-electron chi connectivity index (χ1n) is 7.68. The van der Waals surface area contributed by atoms with Crippen molar-refractivity contribution in [3.05, 3.63) is 54.5 Å². The number of ether oxygens (including phenoxy) is 1. The molecule has 2 aromatic rings. The molecule has 3 rings (SSSR count). The van der Waals surface area contributed by atoms with Crippen molar-refractivity contribution in [2.24, 2.45) is 0 Å². The Labute approximate surface area is 134 Å². The second kappa shape index (κ2) is 7.19. The summed E-state index contributed by atoms with van der Waals surface area (Å²) in [6, 6.07) is 8.97. The normalized spacial score (nSPS) is 19.2. The zero-order valence-corrected chi connectivity index (χ0v) is 12.7. The van der Waals surface area contributed by atoms with Gasteiger partial charge in [-0.2, -0.15) is 0 Å². The van der Waals surface area contributed by atoms with Crippen LogP contribution in [-0.4, -0.2) is 45.1 Å². The Morgan fingerprint density at radius 1 is 1.30 bits per heavy atom. The van der Waals surface area contributed by atoms with Gasteiger partial charge in [0.15, 0.2) is 6.10 Å². The molecule has 0 radical (unpaired) electrons. The molecular formula is C17H19N3O3. The van der Waals surface area contributed by atoms with Gasteiger partial charge in [0.2, 0.25) is 5.88 Å². The summed E-state index contributed by atoms with van der Waals surface area (Å²) in [5.41, 5.74) is 0.606. The van der Waals surface area contributed by atoms with Crippen LogP contribution in [0.4, 0.5) is 0 Å². The predicted molar refractivity (Wildman–Crippen MR) is 83.7 cm³/mol. The molecule has 0 bridgehead atoms. The number of piperidine rings is 1. The minimum absolute atomic E-state index is 0.132. The fourth-order valence-corrected chi connectivity index (χ4v) is 2.70. The van der Waals surface area contributed by atoms with Crippen molar-refractivity contribution in [1.82, 2.24) is 14.9 Å². The van der Waals surface area contributed by atoms with Crippen molar-refractivity contribution in [3.63, 3.8) is 0 Å². The number of hydrogen-bond acceptors (Lipinski definition) is 5. The van der Waals surface area contributed by atoms with Crippen molar-refractivity contribution >= 4 is 5.91 Å². The average molecular weight is 313 g/mol. The van der Waals surface area contributed by atoms with E-state index >= 15 is 0 Å². The number of hydrogen-bond donors (Lipinski definition) is 1. The summed E-state index contributed by atoms with van der Waals surface area (Å²) in [6.45, 7) is 1.07. The number of aliphatic hydroxyl groups excluding tert-OH is 1. The molecule has 0 unspecified atom stereocenters. The topological polar surface area (TPSA) is 75.5 Å². The molecule has 6 heteroatoms. The maximum atomic E-state index is 12.5. The highest BCUT2D eigenvalue weighted by Crippen LogP contribution is 2.21. The van der Waals surface area contributed by atoms with Crippen LogP contribution in [-0.2, 0) is 4.79 Å². The van der Waals surface area contributed by atoms with Crippen LogP contribution in [0.3, 0.4) is 0 Å². The zero-order valence-electron chi connectivity index (χ0n) is 12.7.